The number of halogens is 1. The number of amides is 1. The van der Waals surface area contributed by atoms with Crippen LogP contribution in [-0.2, 0) is 4.74 Å². The van der Waals surface area contributed by atoms with Crippen molar-refractivity contribution >= 4 is 11.8 Å². The maximum absolute atomic E-state index is 15.0. The molecule has 1 saturated heterocycles. The van der Waals surface area contributed by atoms with E-state index < -0.39 is 5.60 Å². The van der Waals surface area contributed by atoms with E-state index in [4.69, 9.17) is 4.74 Å². The van der Waals surface area contributed by atoms with E-state index >= 15 is 4.39 Å². The molecule has 1 amide bonds. The Morgan fingerprint density at radius 3 is 2.38 bits per heavy atom. The van der Waals surface area contributed by atoms with Crippen LogP contribution in [0, 0.1) is 12.7 Å². The Morgan fingerprint density at radius 1 is 1.06 bits per heavy atom. The molecule has 1 aromatic carbocycles. The zero-order valence-corrected chi connectivity index (χ0v) is 18.9. The van der Waals surface area contributed by atoms with E-state index in [0.717, 1.165) is 22.5 Å². The molecule has 0 spiro atoms. The summed E-state index contributed by atoms with van der Waals surface area (Å²) in [7, 11) is 0. The number of benzene rings is 1. The molecular weight excluding hydrogens is 409 g/mol. The van der Waals surface area contributed by atoms with Crippen LogP contribution in [-0.4, -0.2) is 57.5 Å². The van der Waals surface area contributed by atoms with Gasteiger partial charge in [-0.15, -0.1) is 0 Å². The highest BCUT2D eigenvalue weighted by Gasteiger charge is 2.26. The SMILES string of the molecule is Cc1cn(-c2ccc(N3CCN(C(=O)OC(C)(C)C)CC3)cc2F)nc1-c1ccncc1. The van der Waals surface area contributed by atoms with Crippen LogP contribution in [0.1, 0.15) is 26.3 Å². The summed E-state index contributed by atoms with van der Waals surface area (Å²) >= 11 is 0. The summed E-state index contributed by atoms with van der Waals surface area (Å²) in [6.45, 7) is 9.81. The third-order valence-corrected chi connectivity index (χ3v) is 5.33. The molecule has 1 aliphatic heterocycles. The van der Waals surface area contributed by atoms with Crippen molar-refractivity contribution in [1.82, 2.24) is 19.7 Å². The molecule has 0 saturated carbocycles. The molecular formula is C24H28FN5O2. The van der Waals surface area contributed by atoms with E-state index in [1.807, 2.05) is 52.1 Å². The monoisotopic (exact) mass is 437 g/mol. The maximum Gasteiger partial charge on any atom is 0.410 e. The summed E-state index contributed by atoms with van der Waals surface area (Å²) in [6.07, 6.45) is 4.95. The van der Waals surface area contributed by atoms with Crippen molar-refractivity contribution in [2.45, 2.75) is 33.3 Å². The van der Waals surface area contributed by atoms with Gasteiger partial charge in [-0.05, 0) is 63.6 Å². The summed E-state index contributed by atoms with van der Waals surface area (Å²) in [5.74, 6) is -0.346. The van der Waals surface area contributed by atoms with Gasteiger partial charge in [0.15, 0.2) is 5.82 Å². The van der Waals surface area contributed by atoms with Gasteiger partial charge >= 0.3 is 6.09 Å². The Morgan fingerprint density at radius 2 is 1.75 bits per heavy atom. The smallest absolute Gasteiger partial charge is 0.410 e. The van der Waals surface area contributed by atoms with Crippen molar-refractivity contribution in [3.05, 3.63) is 60.3 Å². The molecule has 2 aromatic heterocycles. The lowest BCUT2D eigenvalue weighted by molar-refractivity contribution is 0.0240. The number of carbonyl (C=O) groups excluding carboxylic acids is 1. The van der Waals surface area contributed by atoms with Crippen molar-refractivity contribution in [2.24, 2.45) is 0 Å². The molecule has 7 nitrogen and oxygen atoms in total. The molecule has 0 bridgehead atoms. The second kappa shape index (κ2) is 8.61. The Hall–Kier alpha value is -3.42. The lowest BCUT2D eigenvalue weighted by atomic mass is 10.1. The van der Waals surface area contributed by atoms with Crippen LogP contribution in [0.3, 0.4) is 0 Å². The van der Waals surface area contributed by atoms with E-state index in [1.165, 1.54) is 6.07 Å². The molecule has 3 aromatic rings. The Bertz CT molecular complexity index is 1100. The van der Waals surface area contributed by atoms with Crippen LogP contribution >= 0.6 is 0 Å². The van der Waals surface area contributed by atoms with E-state index in [2.05, 4.69) is 15.0 Å². The van der Waals surface area contributed by atoms with Crippen molar-refractivity contribution in [3.63, 3.8) is 0 Å². The fourth-order valence-electron chi connectivity index (χ4n) is 3.73. The minimum Gasteiger partial charge on any atom is -0.444 e. The van der Waals surface area contributed by atoms with Gasteiger partial charge in [0.25, 0.3) is 0 Å². The molecule has 168 valence electrons. The first-order valence-corrected chi connectivity index (χ1v) is 10.7. The first-order valence-electron chi connectivity index (χ1n) is 10.7. The third kappa shape index (κ3) is 4.74. The van der Waals surface area contributed by atoms with E-state index in [0.29, 0.717) is 31.9 Å². The highest BCUT2D eigenvalue weighted by Crippen LogP contribution is 2.26. The second-order valence-corrected chi connectivity index (χ2v) is 8.93. The van der Waals surface area contributed by atoms with E-state index in [9.17, 15) is 4.79 Å². The predicted molar refractivity (Wildman–Crippen MR) is 122 cm³/mol. The van der Waals surface area contributed by atoms with E-state index in [1.54, 1.807) is 28.0 Å². The number of nitrogens with zero attached hydrogens (tertiary/aromatic N) is 5. The average molecular weight is 438 g/mol. The minimum atomic E-state index is -0.519. The fourth-order valence-corrected chi connectivity index (χ4v) is 3.73. The number of piperazine rings is 1. The van der Waals surface area contributed by atoms with Crippen molar-refractivity contribution in [1.29, 1.82) is 0 Å². The molecule has 0 N–H and O–H groups in total. The number of carbonyl (C=O) groups is 1. The number of ether oxygens (including phenoxy) is 1. The van der Waals surface area contributed by atoms with Crippen LogP contribution in [0.5, 0.6) is 0 Å². The topological polar surface area (TPSA) is 63.5 Å². The zero-order chi connectivity index (χ0) is 22.9. The lowest BCUT2D eigenvalue weighted by Gasteiger charge is -2.36. The van der Waals surface area contributed by atoms with Crippen LogP contribution in [0.2, 0.25) is 0 Å². The van der Waals surface area contributed by atoms with Gasteiger partial charge < -0.3 is 14.5 Å². The fraction of sp³-hybridized carbons (Fsp3) is 0.375. The second-order valence-electron chi connectivity index (χ2n) is 8.93. The third-order valence-electron chi connectivity index (χ3n) is 5.33. The number of hydrogen-bond acceptors (Lipinski definition) is 5. The van der Waals surface area contributed by atoms with Gasteiger partial charge in [-0.3, -0.25) is 4.98 Å². The molecule has 0 aliphatic carbocycles. The highest BCUT2D eigenvalue weighted by atomic mass is 19.1. The van der Waals surface area contributed by atoms with Crippen LogP contribution in [0.4, 0.5) is 14.9 Å². The molecule has 8 heteroatoms. The average Bonchev–Trinajstić information content (AvgIpc) is 3.14. The van der Waals surface area contributed by atoms with Crippen LogP contribution in [0.25, 0.3) is 16.9 Å². The van der Waals surface area contributed by atoms with Gasteiger partial charge in [0.1, 0.15) is 11.3 Å². The predicted octanol–water partition coefficient (Wildman–Crippen LogP) is 4.44. The number of pyridine rings is 1. The molecule has 4 rings (SSSR count). The number of rotatable bonds is 3. The van der Waals surface area contributed by atoms with Gasteiger partial charge in [-0.25, -0.2) is 13.9 Å². The van der Waals surface area contributed by atoms with Gasteiger partial charge in [0.05, 0.1) is 5.69 Å². The first-order chi connectivity index (χ1) is 15.2. The number of aromatic nitrogens is 3. The molecule has 1 aliphatic rings. The lowest BCUT2D eigenvalue weighted by Crippen LogP contribution is -2.50. The van der Waals surface area contributed by atoms with Gasteiger partial charge in [-0.2, -0.15) is 5.10 Å². The Balaban J connectivity index is 1.46. The van der Waals surface area contributed by atoms with Gasteiger partial charge in [0, 0.05) is 56.0 Å². The molecule has 0 unspecified atom stereocenters. The molecule has 3 heterocycles. The Labute approximate surface area is 187 Å². The number of aryl methyl sites for hydroxylation is 1. The summed E-state index contributed by atoms with van der Waals surface area (Å²) in [6, 6.07) is 8.94. The highest BCUT2D eigenvalue weighted by molar-refractivity contribution is 5.69. The first kappa shape index (κ1) is 21.8. The molecule has 0 radical (unpaired) electrons. The molecule has 1 fully saturated rings. The van der Waals surface area contributed by atoms with Crippen LogP contribution < -0.4 is 4.90 Å². The summed E-state index contributed by atoms with van der Waals surface area (Å²) < 4.78 is 22.1. The number of anilines is 1. The van der Waals surface area contributed by atoms with Crippen molar-refractivity contribution in [2.75, 3.05) is 31.1 Å². The molecule has 0 atom stereocenters. The quantitative estimate of drug-likeness (QED) is 0.606. The van der Waals surface area contributed by atoms with Crippen molar-refractivity contribution < 1.29 is 13.9 Å². The summed E-state index contributed by atoms with van der Waals surface area (Å²) in [5.41, 5.74) is 3.36. The number of hydrogen-bond donors (Lipinski definition) is 0. The zero-order valence-electron chi connectivity index (χ0n) is 18.9. The molecule has 32 heavy (non-hydrogen) atoms. The standard InChI is InChI=1S/C24H28FN5O2/c1-17-16-30(27-22(17)18-7-9-26-10-8-18)21-6-5-19(15-20(21)25)28-11-13-29(14-12-28)23(31)32-24(2,3)4/h5-10,15-16H,11-14H2,1-4H3. The normalized spacial score (nSPS) is 14.5. The van der Waals surface area contributed by atoms with Crippen molar-refractivity contribution in [3.8, 4) is 16.9 Å². The van der Waals surface area contributed by atoms with E-state index in [-0.39, 0.29) is 11.9 Å². The summed E-state index contributed by atoms with van der Waals surface area (Å²) in [5, 5.41) is 4.59. The maximum atomic E-state index is 15.0. The van der Waals surface area contributed by atoms with Crippen LogP contribution in [0.15, 0.2) is 48.9 Å². The largest absolute Gasteiger partial charge is 0.444 e. The summed E-state index contributed by atoms with van der Waals surface area (Å²) in [4.78, 5) is 20.1. The Kier molecular flexibility index (Phi) is 5.86. The minimum absolute atomic E-state index is 0.308. The van der Waals surface area contributed by atoms with Gasteiger partial charge in [-0.1, -0.05) is 0 Å². The van der Waals surface area contributed by atoms with Gasteiger partial charge in [0.2, 0.25) is 0 Å².